The number of nitrogens with zero attached hydrogens (tertiary/aromatic N) is 3. The molecule has 5 atom stereocenters. The molecule has 0 unspecified atom stereocenters. The van der Waals surface area contributed by atoms with Crippen LogP contribution in [-0.2, 0) is 22.7 Å². The van der Waals surface area contributed by atoms with E-state index in [1.165, 1.54) is 11.6 Å². The molecule has 0 bridgehead atoms. The number of benzene rings is 1. The topological polar surface area (TPSA) is 131 Å². The van der Waals surface area contributed by atoms with Crippen LogP contribution in [0, 0.1) is 4.77 Å². The number of amides is 1. The zero-order chi connectivity index (χ0) is 23.4. The van der Waals surface area contributed by atoms with Gasteiger partial charge in [-0.3, -0.25) is 9.36 Å². The highest BCUT2D eigenvalue weighted by Gasteiger charge is 2.46. The average molecular weight is 485 g/mol. The number of carbonyl (C=O) groups is 1. The smallest absolute Gasteiger partial charge is 0.217 e. The van der Waals surface area contributed by atoms with Gasteiger partial charge in [0.05, 0.1) is 11.6 Å². The minimum atomic E-state index is -1.43. The predicted molar refractivity (Wildman–Crippen MR) is 118 cm³/mol. The summed E-state index contributed by atoms with van der Waals surface area (Å²) in [6.45, 7) is 4.78. The van der Waals surface area contributed by atoms with Gasteiger partial charge in [-0.25, -0.2) is 4.68 Å². The van der Waals surface area contributed by atoms with Crippen LogP contribution in [0.15, 0.2) is 36.9 Å². The number of rotatable bonds is 8. The Morgan fingerprint density at radius 2 is 2.12 bits per heavy atom. The zero-order valence-corrected chi connectivity index (χ0v) is 18.9. The first-order valence-corrected chi connectivity index (χ1v) is 10.6. The van der Waals surface area contributed by atoms with Gasteiger partial charge in [-0.1, -0.05) is 29.8 Å². The van der Waals surface area contributed by atoms with Crippen LogP contribution >= 0.6 is 23.8 Å². The summed E-state index contributed by atoms with van der Waals surface area (Å²) >= 11 is 11.7. The number of hydrogen-bond acceptors (Lipinski definition) is 8. The van der Waals surface area contributed by atoms with Crippen molar-refractivity contribution in [3.05, 3.63) is 52.5 Å². The van der Waals surface area contributed by atoms with E-state index in [-0.39, 0.29) is 11.4 Å². The molecule has 0 saturated carbocycles. The van der Waals surface area contributed by atoms with Crippen LogP contribution in [-0.4, -0.2) is 66.5 Å². The number of ether oxygens (including phenoxy) is 2. The zero-order valence-electron chi connectivity index (χ0n) is 17.3. The van der Waals surface area contributed by atoms with E-state index in [0.717, 1.165) is 0 Å². The van der Waals surface area contributed by atoms with Gasteiger partial charge in [0.2, 0.25) is 10.7 Å². The van der Waals surface area contributed by atoms with E-state index in [9.17, 15) is 20.1 Å². The lowest BCUT2D eigenvalue weighted by Gasteiger charge is -2.42. The molecule has 1 fully saturated rings. The van der Waals surface area contributed by atoms with Gasteiger partial charge >= 0.3 is 0 Å². The van der Waals surface area contributed by atoms with Gasteiger partial charge in [0.1, 0.15) is 36.7 Å². The molecule has 0 radical (unpaired) electrons. The maximum Gasteiger partial charge on any atom is 0.217 e. The fourth-order valence-electron chi connectivity index (χ4n) is 3.44. The Morgan fingerprint density at radius 1 is 1.41 bits per heavy atom. The molecule has 3 rings (SSSR count). The van der Waals surface area contributed by atoms with Crippen LogP contribution in [0.5, 0.6) is 5.75 Å². The summed E-state index contributed by atoms with van der Waals surface area (Å²) in [7, 11) is 0. The second-order valence-electron chi connectivity index (χ2n) is 7.22. The van der Waals surface area contributed by atoms with Gasteiger partial charge in [-0.05, 0) is 24.4 Å². The van der Waals surface area contributed by atoms with Crippen LogP contribution in [0.1, 0.15) is 19.0 Å². The molecule has 10 nitrogen and oxygen atoms in total. The third-order valence-electron chi connectivity index (χ3n) is 4.98. The Hall–Kier alpha value is -2.28. The van der Waals surface area contributed by atoms with Crippen LogP contribution in [0.4, 0.5) is 0 Å². The minimum Gasteiger partial charge on any atom is -0.484 e. The standard InChI is InChI=1S/C20H25ClN4O6S/c1-3-8-24-15(10-30-13-7-5-4-6-12(13)21)23-25(20(24)32)19-16(22-11(2)27)18(29)17(28)14(9-26)31-19/h3-7,14,16-19,26,28-29H,1,8-10H2,2H3,(H,22,27)/t14-,16-,17-,18-,19-/m1/s1. The minimum absolute atomic E-state index is 0.0142. The van der Waals surface area contributed by atoms with Crippen LogP contribution in [0.3, 0.4) is 0 Å². The molecule has 1 amide bonds. The summed E-state index contributed by atoms with van der Waals surface area (Å²) in [6, 6.07) is 5.91. The summed E-state index contributed by atoms with van der Waals surface area (Å²) in [5.41, 5.74) is 0. The van der Waals surface area contributed by atoms with Gasteiger partial charge in [-0.15, -0.1) is 6.58 Å². The van der Waals surface area contributed by atoms with Crippen molar-refractivity contribution in [2.24, 2.45) is 0 Å². The molecule has 4 N–H and O–H groups in total. The van der Waals surface area contributed by atoms with E-state index in [4.69, 9.17) is 33.3 Å². The van der Waals surface area contributed by atoms with Crippen molar-refractivity contribution < 1.29 is 29.6 Å². The Bertz CT molecular complexity index is 1030. The molecule has 0 aliphatic carbocycles. The van der Waals surface area contributed by atoms with E-state index < -0.39 is 43.1 Å². The molecule has 2 aromatic rings. The molecule has 1 aromatic heterocycles. The van der Waals surface area contributed by atoms with Crippen molar-refractivity contribution in [3.63, 3.8) is 0 Å². The highest BCUT2D eigenvalue weighted by atomic mass is 35.5. The molecule has 2 heterocycles. The number of para-hydroxylation sites is 1. The summed E-state index contributed by atoms with van der Waals surface area (Å²) in [5.74, 6) is 0.432. The van der Waals surface area contributed by atoms with Gasteiger partial charge in [-0.2, -0.15) is 5.10 Å². The molecule has 1 aliphatic heterocycles. The molecule has 32 heavy (non-hydrogen) atoms. The molecule has 1 saturated heterocycles. The number of allylic oxidation sites excluding steroid dienone is 1. The van der Waals surface area contributed by atoms with Crippen LogP contribution in [0.2, 0.25) is 5.02 Å². The van der Waals surface area contributed by atoms with Crippen molar-refractivity contribution in [1.29, 1.82) is 0 Å². The Morgan fingerprint density at radius 3 is 2.75 bits per heavy atom. The molecular formula is C20H25ClN4O6S. The highest BCUT2D eigenvalue weighted by Crippen LogP contribution is 2.29. The lowest BCUT2D eigenvalue weighted by Crippen LogP contribution is -2.62. The van der Waals surface area contributed by atoms with E-state index >= 15 is 0 Å². The van der Waals surface area contributed by atoms with E-state index in [1.807, 2.05) is 0 Å². The summed E-state index contributed by atoms with van der Waals surface area (Å²) < 4.78 is 14.7. The first kappa shape index (κ1) is 24.4. The Kier molecular flexibility index (Phi) is 8.04. The fourth-order valence-corrected chi connectivity index (χ4v) is 3.96. The van der Waals surface area contributed by atoms with Crippen molar-refractivity contribution in [2.75, 3.05) is 6.61 Å². The largest absolute Gasteiger partial charge is 0.484 e. The van der Waals surface area contributed by atoms with E-state index in [2.05, 4.69) is 17.0 Å². The monoisotopic (exact) mass is 484 g/mol. The normalized spacial score (nSPS) is 25.3. The molecule has 12 heteroatoms. The first-order valence-electron chi connectivity index (χ1n) is 9.84. The fraction of sp³-hybridized carbons (Fsp3) is 0.450. The van der Waals surface area contributed by atoms with Gasteiger partial charge in [0, 0.05) is 13.5 Å². The third-order valence-corrected chi connectivity index (χ3v) is 5.70. The molecule has 1 aliphatic rings. The molecule has 1 aromatic carbocycles. The van der Waals surface area contributed by atoms with Gasteiger partial charge in [0.25, 0.3) is 0 Å². The second kappa shape index (κ2) is 10.6. The lowest BCUT2D eigenvalue weighted by molar-refractivity contribution is -0.219. The molecule has 0 spiro atoms. The van der Waals surface area contributed by atoms with Gasteiger partial charge in [0.15, 0.2) is 12.1 Å². The quantitative estimate of drug-likeness (QED) is 0.322. The number of aliphatic hydroxyl groups is 3. The predicted octanol–water partition coefficient (Wildman–Crippen LogP) is 0.949. The maximum atomic E-state index is 11.7. The van der Waals surface area contributed by atoms with E-state index in [0.29, 0.717) is 23.1 Å². The Labute approximate surface area is 194 Å². The van der Waals surface area contributed by atoms with Gasteiger partial charge < -0.3 is 30.1 Å². The average Bonchev–Trinajstić information content (AvgIpc) is 3.06. The van der Waals surface area contributed by atoms with Crippen LogP contribution < -0.4 is 10.1 Å². The number of nitrogens with one attached hydrogen (secondary N) is 1. The SMILES string of the molecule is C=CCn1c(COc2ccccc2Cl)nn([C@@H]2O[C@H](CO)[C@@H](O)[C@H](O)[C@H]2NC(C)=O)c1=S. The van der Waals surface area contributed by atoms with Crippen molar-refractivity contribution >= 4 is 29.7 Å². The maximum absolute atomic E-state index is 11.7. The molecular weight excluding hydrogens is 460 g/mol. The Balaban J connectivity index is 1.98. The van der Waals surface area contributed by atoms with Crippen molar-refractivity contribution in [2.45, 2.75) is 50.7 Å². The second-order valence-corrected chi connectivity index (χ2v) is 7.99. The highest BCUT2D eigenvalue weighted by molar-refractivity contribution is 7.71. The number of halogens is 1. The van der Waals surface area contributed by atoms with Crippen molar-refractivity contribution in [3.8, 4) is 5.75 Å². The lowest BCUT2D eigenvalue weighted by atomic mass is 9.96. The van der Waals surface area contributed by atoms with Crippen molar-refractivity contribution in [1.82, 2.24) is 19.7 Å². The first-order chi connectivity index (χ1) is 15.3. The summed E-state index contributed by atoms with van der Waals surface area (Å²) in [4.78, 5) is 11.7. The number of carbonyl (C=O) groups excluding carboxylic acids is 1. The number of aliphatic hydroxyl groups excluding tert-OH is 3. The number of hydrogen-bond donors (Lipinski definition) is 4. The van der Waals surface area contributed by atoms with E-state index in [1.54, 1.807) is 34.9 Å². The summed E-state index contributed by atoms with van der Waals surface area (Å²) in [6.07, 6.45) is -3.41. The third kappa shape index (κ3) is 5.03. The summed E-state index contributed by atoms with van der Waals surface area (Å²) in [5, 5.41) is 37.9. The molecule has 174 valence electrons. The number of aromatic nitrogens is 3. The van der Waals surface area contributed by atoms with Crippen LogP contribution in [0.25, 0.3) is 0 Å².